The molecular weight excluding hydrogens is 364 g/mol. The second-order valence-electron chi connectivity index (χ2n) is 8.43. The molecule has 6 rings (SSSR count). The van der Waals surface area contributed by atoms with Crippen molar-refractivity contribution in [2.45, 2.75) is 43.7 Å². The van der Waals surface area contributed by atoms with Crippen LogP contribution in [0.1, 0.15) is 32.1 Å². The van der Waals surface area contributed by atoms with Gasteiger partial charge in [-0.15, -0.1) is 0 Å². The predicted octanol–water partition coefficient (Wildman–Crippen LogP) is 3.93. The van der Waals surface area contributed by atoms with Gasteiger partial charge in [0.25, 0.3) is 0 Å². The molecule has 0 saturated heterocycles. The second kappa shape index (κ2) is 6.24. The summed E-state index contributed by atoms with van der Waals surface area (Å²) in [4.78, 5) is 8.80. The molecule has 0 amide bonds. The molecular formula is C20H23ClN4O2. The van der Waals surface area contributed by atoms with E-state index in [4.69, 9.17) is 11.6 Å². The molecule has 142 valence electrons. The van der Waals surface area contributed by atoms with E-state index in [0.29, 0.717) is 46.3 Å². The van der Waals surface area contributed by atoms with Gasteiger partial charge in [0.2, 0.25) is 5.95 Å². The number of aromatic hydroxyl groups is 1. The minimum Gasteiger partial charge on any atom is -0.508 e. The first-order valence-electron chi connectivity index (χ1n) is 9.55. The zero-order valence-corrected chi connectivity index (χ0v) is 15.7. The summed E-state index contributed by atoms with van der Waals surface area (Å²) in [6.45, 7) is 0. The summed E-state index contributed by atoms with van der Waals surface area (Å²) in [5, 5.41) is 27.5. The molecule has 1 aromatic carbocycles. The van der Waals surface area contributed by atoms with Crippen LogP contribution in [0, 0.1) is 17.8 Å². The van der Waals surface area contributed by atoms with Gasteiger partial charge in [0.1, 0.15) is 10.8 Å². The third-order valence-corrected chi connectivity index (χ3v) is 6.67. The largest absolute Gasteiger partial charge is 0.508 e. The fraction of sp³-hybridized carbons (Fsp3) is 0.500. The topological polar surface area (TPSA) is 90.3 Å². The fourth-order valence-electron chi connectivity index (χ4n) is 5.62. The minimum atomic E-state index is -0.452. The molecule has 4 N–H and O–H groups in total. The molecule has 2 aromatic rings. The summed E-state index contributed by atoms with van der Waals surface area (Å²) < 4.78 is 0. The van der Waals surface area contributed by atoms with Gasteiger partial charge in [-0.3, -0.25) is 0 Å². The number of nitrogens with zero attached hydrogens (tertiary/aromatic N) is 2. The lowest BCUT2D eigenvalue weighted by Gasteiger charge is -2.58. The smallest absolute Gasteiger partial charge is 0.229 e. The van der Waals surface area contributed by atoms with Gasteiger partial charge >= 0.3 is 0 Å². The Labute approximate surface area is 163 Å². The van der Waals surface area contributed by atoms with E-state index in [2.05, 4.69) is 20.6 Å². The highest BCUT2D eigenvalue weighted by Gasteiger charge is 2.54. The number of aliphatic hydroxyl groups is 1. The number of hydrogen-bond acceptors (Lipinski definition) is 6. The maximum absolute atomic E-state index is 10.8. The van der Waals surface area contributed by atoms with E-state index in [0.717, 1.165) is 19.3 Å². The van der Waals surface area contributed by atoms with Crippen molar-refractivity contribution in [2.75, 3.05) is 10.6 Å². The zero-order valence-electron chi connectivity index (χ0n) is 14.9. The quantitative estimate of drug-likeness (QED) is 0.636. The van der Waals surface area contributed by atoms with E-state index < -0.39 is 5.60 Å². The number of hydrogen-bond donors (Lipinski definition) is 4. The van der Waals surface area contributed by atoms with Crippen molar-refractivity contribution >= 4 is 29.1 Å². The van der Waals surface area contributed by atoms with Crippen molar-refractivity contribution in [2.24, 2.45) is 17.8 Å². The normalized spacial score (nSPS) is 33.9. The lowest BCUT2D eigenvalue weighted by atomic mass is 9.52. The van der Waals surface area contributed by atoms with Gasteiger partial charge in [-0.1, -0.05) is 17.7 Å². The summed E-state index contributed by atoms with van der Waals surface area (Å²) in [7, 11) is 0. The zero-order chi connectivity index (χ0) is 18.6. The monoisotopic (exact) mass is 386 g/mol. The van der Waals surface area contributed by atoms with Crippen LogP contribution in [0.25, 0.3) is 0 Å². The number of rotatable bonds is 4. The SMILES string of the molecule is Oc1cccc(Nc2ncc(Cl)c(NC3C4CC5CC3CC(O)(C5)C4)n2)c1. The van der Waals surface area contributed by atoms with Gasteiger partial charge in [0.05, 0.1) is 11.8 Å². The van der Waals surface area contributed by atoms with Gasteiger partial charge in [-0.05, 0) is 62.0 Å². The summed E-state index contributed by atoms with van der Waals surface area (Å²) in [6, 6.07) is 7.11. The van der Waals surface area contributed by atoms with Crippen LogP contribution < -0.4 is 10.6 Å². The van der Waals surface area contributed by atoms with Crippen LogP contribution in [0.4, 0.5) is 17.5 Å². The third-order valence-electron chi connectivity index (χ3n) is 6.39. The highest BCUT2D eigenvalue weighted by Crippen LogP contribution is 2.56. The Morgan fingerprint density at radius 1 is 1.15 bits per heavy atom. The van der Waals surface area contributed by atoms with Crippen LogP contribution in [-0.2, 0) is 0 Å². The van der Waals surface area contributed by atoms with E-state index in [1.807, 2.05) is 6.07 Å². The Bertz CT molecular complexity index is 861. The highest BCUT2D eigenvalue weighted by molar-refractivity contribution is 6.32. The second-order valence-corrected chi connectivity index (χ2v) is 8.84. The van der Waals surface area contributed by atoms with Crippen molar-refractivity contribution in [1.29, 1.82) is 0 Å². The van der Waals surface area contributed by atoms with Gasteiger partial charge < -0.3 is 20.8 Å². The van der Waals surface area contributed by atoms with Crippen molar-refractivity contribution in [3.05, 3.63) is 35.5 Å². The van der Waals surface area contributed by atoms with Crippen LogP contribution in [-0.4, -0.2) is 31.8 Å². The summed E-state index contributed by atoms with van der Waals surface area (Å²) >= 11 is 6.36. The number of nitrogens with one attached hydrogen (secondary N) is 2. The van der Waals surface area contributed by atoms with Gasteiger partial charge in [0, 0.05) is 17.8 Å². The average Bonchev–Trinajstić information content (AvgIpc) is 2.59. The molecule has 2 unspecified atom stereocenters. The Hall–Kier alpha value is -2.05. The van der Waals surface area contributed by atoms with Gasteiger partial charge in [0.15, 0.2) is 5.82 Å². The number of halogens is 1. The Morgan fingerprint density at radius 2 is 1.93 bits per heavy atom. The minimum absolute atomic E-state index is 0.179. The van der Waals surface area contributed by atoms with Crippen molar-refractivity contribution in [1.82, 2.24) is 9.97 Å². The molecule has 1 aromatic heterocycles. The van der Waals surface area contributed by atoms with Crippen LogP contribution in [0.2, 0.25) is 5.02 Å². The van der Waals surface area contributed by atoms with Crippen LogP contribution in [0.15, 0.2) is 30.5 Å². The van der Waals surface area contributed by atoms with Crippen molar-refractivity contribution in [3.8, 4) is 5.75 Å². The van der Waals surface area contributed by atoms with Gasteiger partial charge in [-0.25, -0.2) is 4.98 Å². The third kappa shape index (κ3) is 3.21. The van der Waals surface area contributed by atoms with Crippen molar-refractivity contribution < 1.29 is 10.2 Å². The van der Waals surface area contributed by atoms with E-state index >= 15 is 0 Å². The molecule has 0 aliphatic heterocycles. The molecule has 4 fully saturated rings. The lowest BCUT2D eigenvalue weighted by Crippen LogP contribution is -2.59. The molecule has 4 aliphatic rings. The number of phenols is 1. The molecule has 6 nitrogen and oxygen atoms in total. The van der Waals surface area contributed by atoms with Gasteiger partial charge in [-0.2, -0.15) is 4.98 Å². The first kappa shape index (κ1) is 17.1. The van der Waals surface area contributed by atoms with E-state index in [9.17, 15) is 10.2 Å². The molecule has 4 aliphatic carbocycles. The van der Waals surface area contributed by atoms with Crippen LogP contribution >= 0.6 is 11.6 Å². The Kier molecular flexibility index (Phi) is 3.95. The Morgan fingerprint density at radius 3 is 2.63 bits per heavy atom. The molecule has 0 radical (unpaired) electrons. The predicted molar refractivity (Wildman–Crippen MR) is 104 cm³/mol. The standard InChI is InChI=1S/C20H23ClN4O2/c21-16-10-22-19(23-14-2-1-3-15(26)6-14)25-18(16)24-17-12-4-11-5-13(17)9-20(27,7-11)8-12/h1-3,6,10-13,17,26-27H,4-5,7-9H2,(H2,22,23,24,25). The summed E-state index contributed by atoms with van der Waals surface area (Å²) in [6.07, 6.45) is 6.65. The highest BCUT2D eigenvalue weighted by atomic mass is 35.5. The number of phenolic OH excluding ortho intramolecular Hbond substituents is 1. The first-order valence-corrected chi connectivity index (χ1v) is 9.93. The maximum atomic E-state index is 10.8. The summed E-state index contributed by atoms with van der Waals surface area (Å²) in [5.74, 6) is 2.83. The first-order chi connectivity index (χ1) is 13.0. The number of benzene rings is 1. The fourth-order valence-corrected chi connectivity index (χ4v) is 5.76. The number of aromatic nitrogens is 2. The number of anilines is 3. The van der Waals surface area contributed by atoms with E-state index in [-0.39, 0.29) is 5.75 Å². The molecule has 27 heavy (non-hydrogen) atoms. The molecule has 4 bridgehead atoms. The lowest BCUT2D eigenvalue weighted by molar-refractivity contribution is -0.129. The molecule has 4 saturated carbocycles. The summed E-state index contributed by atoms with van der Waals surface area (Å²) in [5.41, 5.74) is 0.256. The van der Waals surface area contributed by atoms with E-state index in [1.165, 1.54) is 12.8 Å². The van der Waals surface area contributed by atoms with Crippen LogP contribution in [0.3, 0.4) is 0 Å². The Balaban J connectivity index is 1.36. The average molecular weight is 387 g/mol. The molecule has 0 spiro atoms. The maximum Gasteiger partial charge on any atom is 0.229 e. The van der Waals surface area contributed by atoms with Crippen molar-refractivity contribution in [3.63, 3.8) is 0 Å². The molecule has 7 heteroatoms. The molecule has 1 heterocycles. The van der Waals surface area contributed by atoms with Crippen LogP contribution in [0.5, 0.6) is 5.75 Å². The molecule has 2 atom stereocenters. The van der Waals surface area contributed by atoms with E-state index in [1.54, 1.807) is 24.4 Å².